The van der Waals surface area contributed by atoms with E-state index in [-0.39, 0.29) is 36.1 Å². The largest absolute Gasteiger partial charge is 0.469 e. The van der Waals surface area contributed by atoms with Crippen molar-refractivity contribution in [2.75, 3.05) is 33.3 Å². The highest BCUT2D eigenvalue weighted by Crippen LogP contribution is 2.38. The van der Waals surface area contributed by atoms with E-state index < -0.39 is 47.3 Å². The van der Waals surface area contributed by atoms with Crippen molar-refractivity contribution in [2.24, 2.45) is 5.92 Å². The Hall–Kier alpha value is -3.35. The second-order valence-electron chi connectivity index (χ2n) is 12.1. The third-order valence-electron chi connectivity index (χ3n) is 9.02. The molecule has 2 aromatic rings. The Bertz CT molecular complexity index is 1320. The predicted molar refractivity (Wildman–Crippen MR) is 153 cm³/mol. The number of aryl methyl sites for hydroxylation is 1. The summed E-state index contributed by atoms with van der Waals surface area (Å²) in [7, 11) is 1.37. The molecule has 1 saturated carbocycles. The number of alkyl halides is 6. The molecule has 45 heavy (non-hydrogen) atoms. The van der Waals surface area contributed by atoms with Crippen LogP contribution in [-0.4, -0.2) is 61.1 Å². The number of benzene rings is 2. The zero-order valence-corrected chi connectivity index (χ0v) is 25.4. The molecule has 6 nitrogen and oxygen atoms in total. The summed E-state index contributed by atoms with van der Waals surface area (Å²) >= 11 is 0. The molecule has 248 valence electrons. The molecule has 1 heterocycles. The second-order valence-corrected chi connectivity index (χ2v) is 12.1. The quantitative estimate of drug-likeness (QED) is 0.251. The van der Waals surface area contributed by atoms with Crippen molar-refractivity contribution in [3.05, 3.63) is 70.0 Å². The molecule has 0 bridgehead atoms. The van der Waals surface area contributed by atoms with Gasteiger partial charge in [0.2, 0.25) is 0 Å². The number of rotatable bonds is 7. The molecular formula is C32H38F7N3O3. The second kappa shape index (κ2) is 14.0. The monoisotopic (exact) mass is 645 g/mol. The number of carbonyl (C=O) groups excluding carboxylic acids is 2. The number of piperazine rings is 1. The number of urea groups is 1. The third kappa shape index (κ3) is 8.68. The Morgan fingerprint density at radius 2 is 1.58 bits per heavy atom. The first-order chi connectivity index (χ1) is 21.1. The van der Waals surface area contributed by atoms with Gasteiger partial charge in [-0.25, -0.2) is 9.18 Å². The van der Waals surface area contributed by atoms with E-state index in [0.717, 1.165) is 31.2 Å². The summed E-state index contributed by atoms with van der Waals surface area (Å²) < 4.78 is 99.1. The fourth-order valence-corrected chi connectivity index (χ4v) is 6.41. The van der Waals surface area contributed by atoms with Gasteiger partial charge >= 0.3 is 24.4 Å². The van der Waals surface area contributed by atoms with Gasteiger partial charge in [-0.3, -0.25) is 9.69 Å². The molecule has 1 aliphatic carbocycles. The average molecular weight is 646 g/mol. The van der Waals surface area contributed by atoms with Crippen LogP contribution in [0.25, 0.3) is 0 Å². The van der Waals surface area contributed by atoms with Gasteiger partial charge in [-0.1, -0.05) is 13.0 Å². The summed E-state index contributed by atoms with van der Waals surface area (Å²) in [5.41, 5.74) is -1.62. The first-order valence-electron chi connectivity index (χ1n) is 15.0. The fourth-order valence-electron chi connectivity index (χ4n) is 6.41. The summed E-state index contributed by atoms with van der Waals surface area (Å²) in [5, 5.41) is 2.71. The maximum atomic E-state index is 14.0. The number of ether oxygens (including phenoxy) is 1. The normalized spacial score (nSPS) is 22.2. The Kier molecular flexibility index (Phi) is 10.7. The molecular weight excluding hydrogens is 607 g/mol. The molecule has 1 aliphatic heterocycles. The van der Waals surface area contributed by atoms with Crippen molar-refractivity contribution < 1.29 is 45.1 Å². The lowest BCUT2D eigenvalue weighted by atomic mass is 9.83. The van der Waals surface area contributed by atoms with Gasteiger partial charge in [0.1, 0.15) is 5.82 Å². The minimum absolute atomic E-state index is 0.0789. The number of halogens is 7. The van der Waals surface area contributed by atoms with E-state index in [1.807, 2.05) is 0 Å². The topological polar surface area (TPSA) is 61.9 Å². The van der Waals surface area contributed by atoms with E-state index in [1.54, 1.807) is 17.9 Å². The van der Waals surface area contributed by atoms with Gasteiger partial charge < -0.3 is 15.0 Å². The summed E-state index contributed by atoms with van der Waals surface area (Å²) in [6.45, 7) is 4.33. The average Bonchev–Trinajstić information content (AvgIpc) is 2.98. The first kappa shape index (κ1) is 34.5. The van der Waals surface area contributed by atoms with Gasteiger partial charge in [-0.2, -0.15) is 26.3 Å². The molecule has 0 radical (unpaired) electrons. The highest BCUT2D eigenvalue weighted by molar-refractivity contribution is 5.75. The van der Waals surface area contributed by atoms with Crippen LogP contribution in [0.2, 0.25) is 0 Å². The maximum absolute atomic E-state index is 14.0. The number of carbonyl (C=O) groups is 2. The molecule has 2 aromatic carbocycles. The molecule has 1 unspecified atom stereocenters. The lowest BCUT2D eigenvalue weighted by Gasteiger charge is -2.46. The van der Waals surface area contributed by atoms with Crippen LogP contribution in [0.5, 0.6) is 0 Å². The van der Waals surface area contributed by atoms with E-state index >= 15 is 0 Å². The molecule has 4 rings (SSSR count). The van der Waals surface area contributed by atoms with Crippen LogP contribution in [0.4, 0.5) is 35.5 Å². The Morgan fingerprint density at radius 1 is 0.956 bits per heavy atom. The van der Waals surface area contributed by atoms with Crippen LogP contribution in [0.3, 0.4) is 0 Å². The predicted octanol–water partition coefficient (Wildman–Crippen LogP) is 7.47. The minimum Gasteiger partial charge on any atom is -0.469 e. The molecule has 2 atom stereocenters. The summed E-state index contributed by atoms with van der Waals surface area (Å²) in [6, 6.07) is 5.03. The molecule has 2 aliphatic rings. The van der Waals surface area contributed by atoms with Gasteiger partial charge in [-0.15, -0.1) is 0 Å². The zero-order valence-electron chi connectivity index (χ0n) is 25.4. The van der Waals surface area contributed by atoms with Crippen molar-refractivity contribution >= 4 is 12.0 Å². The van der Waals surface area contributed by atoms with Gasteiger partial charge in [0.25, 0.3) is 0 Å². The smallest absolute Gasteiger partial charge is 0.416 e. The lowest BCUT2D eigenvalue weighted by molar-refractivity contribution is -0.144. The van der Waals surface area contributed by atoms with E-state index in [1.165, 1.54) is 26.2 Å². The van der Waals surface area contributed by atoms with Crippen LogP contribution in [-0.2, 0) is 21.9 Å². The highest BCUT2D eigenvalue weighted by Gasteiger charge is 2.39. The Labute approximate surface area is 257 Å². The summed E-state index contributed by atoms with van der Waals surface area (Å²) in [4.78, 5) is 29.1. The van der Waals surface area contributed by atoms with E-state index in [0.29, 0.717) is 43.8 Å². The van der Waals surface area contributed by atoms with Crippen molar-refractivity contribution in [2.45, 2.75) is 76.3 Å². The van der Waals surface area contributed by atoms with Crippen LogP contribution in [0.15, 0.2) is 36.4 Å². The maximum Gasteiger partial charge on any atom is 0.416 e. The SMILES string of the molecule is COC(=O)CC1CCC(N2CCN(C(=O)NC[C@H](C)c3cc(C(F)(F)F)cc(C(F)(F)F)c3)C(c3ccc(F)cc3C)C2)CC1. The van der Waals surface area contributed by atoms with Gasteiger partial charge in [0.05, 0.1) is 24.3 Å². The molecule has 13 heteroatoms. The van der Waals surface area contributed by atoms with Crippen LogP contribution < -0.4 is 5.32 Å². The van der Waals surface area contributed by atoms with Crippen LogP contribution in [0.1, 0.15) is 78.8 Å². The number of amides is 2. The highest BCUT2D eigenvalue weighted by atomic mass is 19.4. The number of esters is 1. The summed E-state index contributed by atoms with van der Waals surface area (Å²) in [6.07, 6.45) is -6.09. The van der Waals surface area contributed by atoms with Crippen LogP contribution in [0, 0.1) is 18.7 Å². The van der Waals surface area contributed by atoms with Gasteiger partial charge in [-0.05, 0) is 91.5 Å². The lowest BCUT2D eigenvalue weighted by Crippen LogP contribution is -2.56. The molecule has 0 spiro atoms. The van der Waals surface area contributed by atoms with Crippen molar-refractivity contribution in [1.29, 1.82) is 0 Å². The number of hydrogen-bond donors (Lipinski definition) is 1. The molecule has 0 aromatic heterocycles. The minimum atomic E-state index is -4.97. The van der Waals surface area contributed by atoms with E-state index in [2.05, 4.69) is 10.2 Å². The van der Waals surface area contributed by atoms with Crippen LogP contribution >= 0.6 is 0 Å². The molecule has 2 fully saturated rings. The van der Waals surface area contributed by atoms with E-state index in [4.69, 9.17) is 4.74 Å². The molecule has 2 amide bonds. The number of hydrogen-bond acceptors (Lipinski definition) is 4. The van der Waals surface area contributed by atoms with Gasteiger partial charge in [0.15, 0.2) is 0 Å². The standard InChI is InChI=1S/C32H38F7N3O3/c1-19-12-25(33)6-9-27(19)28-18-41(26-7-4-21(5-8-26)13-29(43)45-3)10-11-42(28)30(44)40-17-20(2)22-14-23(31(34,35)36)16-24(15-22)32(37,38)39/h6,9,12,14-16,20-21,26,28H,4-5,7-8,10-11,13,17-18H2,1-3H3,(H,40,44)/t20-,21?,26?,28?/m0/s1. The first-order valence-corrected chi connectivity index (χ1v) is 15.0. The third-order valence-corrected chi connectivity index (χ3v) is 9.02. The zero-order chi connectivity index (χ0) is 33.1. The van der Waals surface area contributed by atoms with Crippen molar-refractivity contribution in [3.63, 3.8) is 0 Å². The van der Waals surface area contributed by atoms with Crippen molar-refractivity contribution in [3.8, 4) is 0 Å². The van der Waals surface area contributed by atoms with Gasteiger partial charge in [0, 0.05) is 38.6 Å². The summed E-state index contributed by atoms with van der Waals surface area (Å²) in [5.74, 6) is -1.25. The Balaban J connectivity index is 1.48. The number of methoxy groups -OCH3 is 1. The fraction of sp³-hybridized carbons (Fsp3) is 0.562. The molecule has 1 saturated heterocycles. The number of nitrogens with one attached hydrogen (secondary N) is 1. The number of nitrogens with zero attached hydrogens (tertiary/aromatic N) is 2. The van der Waals surface area contributed by atoms with E-state index in [9.17, 15) is 40.3 Å². The van der Waals surface area contributed by atoms with Crippen molar-refractivity contribution in [1.82, 2.24) is 15.1 Å². The Morgan fingerprint density at radius 3 is 2.13 bits per heavy atom. The molecule has 1 N–H and O–H groups in total.